The van der Waals surface area contributed by atoms with Gasteiger partial charge in [-0.05, 0) is 25.5 Å². The van der Waals surface area contributed by atoms with Gasteiger partial charge in [0.25, 0.3) is 0 Å². The molecule has 1 heterocycles. The molecule has 138 valence electrons. The van der Waals surface area contributed by atoms with Crippen LogP contribution in [0.4, 0.5) is 10.1 Å². The van der Waals surface area contributed by atoms with Gasteiger partial charge < -0.3 is 10.6 Å². The van der Waals surface area contributed by atoms with Crippen LogP contribution >= 0.6 is 0 Å². The Bertz CT molecular complexity index is 588. The lowest BCUT2D eigenvalue weighted by Crippen LogP contribution is -2.54. The molecule has 2 rings (SSSR count). The molecular weight excluding hydrogens is 323 g/mol. The van der Waals surface area contributed by atoms with E-state index in [1.807, 2.05) is 13.8 Å². The summed E-state index contributed by atoms with van der Waals surface area (Å²) in [6, 6.07) is 5.79. The maximum absolute atomic E-state index is 13.6. The minimum Gasteiger partial charge on any atom is -0.355 e. The second-order valence-corrected chi connectivity index (χ2v) is 6.31. The summed E-state index contributed by atoms with van der Waals surface area (Å²) >= 11 is 0. The van der Waals surface area contributed by atoms with Crippen molar-refractivity contribution in [2.24, 2.45) is 0 Å². The number of rotatable bonds is 7. The Morgan fingerprint density at radius 2 is 1.88 bits per heavy atom. The van der Waals surface area contributed by atoms with Crippen molar-refractivity contribution < 1.29 is 14.0 Å². The lowest BCUT2D eigenvalue weighted by molar-refractivity contribution is -0.124. The molecule has 25 heavy (non-hydrogen) atoms. The Morgan fingerprint density at radius 3 is 2.52 bits per heavy atom. The van der Waals surface area contributed by atoms with Crippen LogP contribution in [-0.2, 0) is 9.59 Å². The fraction of sp³-hybridized carbons (Fsp3) is 0.556. The number of anilines is 1. The van der Waals surface area contributed by atoms with Crippen molar-refractivity contribution in [3.63, 3.8) is 0 Å². The summed E-state index contributed by atoms with van der Waals surface area (Å²) < 4.78 is 13.6. The zero-order chi connectivity index (χ0) is 18.2. The first-order chi connectivity index (χ1) is 12.0. The van der Waals surface area contributed by atoms with Crippen LogP contribution in [0.25, 0.3) is 0 Å². The molecule has 6 nitrogen and oxygen atoms in total. The first-order valence-corrected chi connectivity index (χ1v) is 8.79. The molecule has 1 aliphatic rings. The van der Waals surface area contributed by atoms with Crippen LogP contribution in [0.3, 0.4) is 0 Å². The molecule has 1 atom stereocenters. The number of hydrogen-bond acceptors (Lipinski definition) is 4. The van der Waals surface area contributed by atoms with Crippen molar-refractivity contribution in [2.45, 2.75) is 26.3 Å². The molecule has 0 saturated carbocycles. The summed E-state index contributed by atoms with van der Waals surface area (Å²) in [5.74, 6) is -0.620. The molecule has 1 aromatic carbocycles. The fourth-order valence-corrected chi connectivity index (χ4v) is 2.80. The number of carbonyl (C=O) groups excluding carboxylic acids is 2. The number of piperazine rings is 1. The number of hydrogen-bond donors (Lipinski definition) is 2. The summed E-state index contributed by atoms with van der Waals surface area (Å²) in [6.07, 6.45) is 0.925. The highest BCUT2D eigenvalue weighted by Crippen LogP contribution is 2.14. The first kappa shape index (κ1) is 19.3. The zero-order valence-electron chi connectivity index (χ0n) is 14.9. The van der Waals surface area contributed by atoms with E-state index in [4.69, 9.17) is 0 Å². The number of carbonyl (C=O) groups is 2. The molecule has 0 unspecified atom stereocenters. The average Bonchev–Trinajstić information content (AvgIpc) is 2.62. The molecule has 2 N–H and O–H groups in total. The SMILES string of the molecule is CCCNC(=O)CN1CCN([C@@H](C)C(=O)Nc2ccccc2F)CC1. The maximum atomic E-state index is 13.6. The van der Waals surface area contributed by atoms with Gasteiger partial charge in [-0.3, -0.25) is 19.4 Å². The summed E-state index contributed by atoms with van der Waals surface area (Å²) in [5, 5.41) is 5.51. The van der Waals surface area contributed by atoms with Gasteiger partial charge in [-0.25, -0.2) is 4.39 Å². The molecule has 2 amide bonds. The minimum absolute atomic E-state index is 0.0423. The van der Waals surface area contributed by atoms with Crippen LogP contribution in [0.2, 0.25) is 0 Å². The molecule has 1 aliphatic heterocycles. The molecule has 0 radical (unpaired) electrons. The van der Waals surface area contributed by atoms with E-state index in [9.17, 15) is 14.0 Å². The fourth-order valence-electron chi connectivity index (χ4n) is 2.80. The van der Waals surface area contributed by atoms with Crippen molar-refractivity contribution in [2.75, 3.05) is 44.6 Å². The number of nitrogens with one attached hydrogen (secondary N) is 2. The minimum atomic E-state index is -0.439. The lowest BCUT2D eigenvalue weighted by atomic mass is 10.2. The molecular formula is C18H27FN4O2. The van der Waals surface area contributed by atoms with E-state index in [-0.39, 0.29) is 23.5 Å². The second-order valence-electron chi connectivity index (χ2n) is 6.31. The highest BCUT2D eigenvalue weighted by Gasteiger charge is 2.26. The molecule has 0 aromatic heterocycles. The Labute approximate surface area is 148 Å². The second kappa shape index (κ2) is 9.48. The molecule has 1 aromatic rings. The van der Waals surface area contributed by atoms with Crippen molar-refractivity contribution in [1.82, 2.24) is 15.1 Å². The number of amides is 2. The number of nitrogens with zero attached hydrogens (tertiary/aromatic N) is 2. The monoisotopic (exact) mass is 350 g/mol. The standard InChI is InChI=1S/C18H27FN4O2/c1-3-8-20-17(24)13-22-9-11-23(12-10-22)14(2)18(25)21-16-7-5-4-6-15(16)19/h4-7,14H,3,8-13H2,1-2H3,(H,20,24)(H,21,25)/t14-/m0/s1. The first-order valence-electron chi connectivity index (χ1n) is 8.79. The van der Waals surface area contributed by atoms with E-state index >= 15 is 0 Å². The smallest absolute Gasteiger partial charge is 0.241 e. The van der Waals surface area contributed by atoms with Crippen LogP contribution in [0, 0.1) is 5.82 Å². The van der Waals surface area contributed by atoms with Gasteiger partial charge in [0, 0.05) is 32.7 Å². The molecule has 1 saturated heterocycles. The highest BCUT2D eigenvalue weighted by atomic mass is 19.1. The number of para-hydroxylation sites is 1. The Kier molecular flexibility index (Phi) is 7.33. The summed E-state index contributed by atoms with van der Waals surface area (Å²) in [6.45, 7) is 7.80. The van der Waals surface area contributed by atoms with Gasteiger partial charge in [-0.1, -0.05) is 19.1 Å². The van der Waals surface area contributed by atoms with Gasteiger partial charge in [-0.2, -0.15) is 0 Å². The van der Waals surface area contributed by atoms with E-state index in [2.05, 4.69) is 20.4 Å². The topological polar surface area (TPSA) is 64.7 Å². The zero-order valence-corrected chi connectivity index (χ0v) is 14.9. The molecule has 1 fully saturated rings. The molecule has 7 heteroatoms. The average molecular weight is 350 g/mol. The predicted octanol–water partition coefficient (Wildman–Crippen LogP) is 1.30. The summed E-state index contributed by atoms with van der Waals surface area (Å²) in [4.78, 5) is 28.2. The van der Waals surface area contributed by atoms with Crippen LogP contribution in [0.15, 0.2) is 24.3 Å². The largest absolute Gasteiger partial charge is 0.355 e. The third-order valence-corrected chi connectivity index (χ3v) is 4.41. The molecule has 0 aliphatic carbocycles. The van der Waals surface area contributed by atoms with Gasteiger partial charge in [0.05, 0.1) is 18.3 Å². The Hall–Kier alpha value is -1.99. The normalized spacial score (nSPS) is 17.1. The van der Waals surface area contributed by atoms with E-state index < -0.39 is 5.82 Å². The van der Waals surface area contributed by atoms with Crippen molar-refractivity contribution in [1.29, 1.82) is 0 Å². The van der Waals surface area contributed by atoms with Gasteiger partial charge in [-0.15, -0.1) is 0 Å². The third kappa shape index (κ3) is 5.79. The van der Waals surface area contributed by atoms with Gasteiger partial charge in [0.1, 0.15) is 5.82 Å². The van der Waals surface area contributed by atoms with Gasteiger partial charge in [0.2, 0.25) is 11.8 Å². The van der Waals surface area contributed by atoms with Crippen molar-refractivity contribution in [3.8, 4) is 0 Å². The van der Waals surface area contributed by atoms with Crippen molar-refractivity contribution in [3.05, 3.63) is 30.1 Å². The Morgan fingerprint density at radius 1 is 1.20 bits per heavy atom. The quantitative estimate of drug-likeness (QED) is 0.778. The maximum Gasteiger partial charge on any atom is 0.241 e. The van der Waals surface area contributed by atoms with E-state index in [1.54, 1.807) is 18.2 Å². The summed E-state index contributed by atoms with van der Waals surface area (Å²) in [5.41, 5.74) is 0.200. The highest BCUT2D eigenvalue weighted by molar-refractivity contribution is 5.94. The van der Waals surface area contributed by atoms with Gasteiger partial charge >= 0.3 is 0 Å². The van der Waals surface area contributed by atoms with E-state index in [1.165, 1.54) is 6.07 Å². The van der Waals surface area contributed by atoms with E-state index in [0.717, 1.165) is 19.5 Å². The summed E-state index contributed by atoms with van der Waals surface area (Å²) in [7, 11) is 0. The number of halogens is 1. The van der Waals surface area contributed by atoms with Gasteiger partial charge in [0.15, 0.2) is 0 Å². The molecule has 0 spiro atoms. The van der Waals surface area contributed by atoms with Crippen LogP contribution in [0.1, 0.15) is 20.3 Å². The van der Waals surface area contributed by atoms with E-state index in [0.29, 0.717) is 26.2 Å². The lowest BCUT2D eigenvalue weighted by Gasteiger charge is -2.37. The third-order valence-electron chi connectivity index (χ3n) is 4.41. The van der Waals surface area contributed by atoms with Crippen molar-refractivity contribution >= 4 is 17.5 Å². The van der Waals surface area contributed by atoms with Crippen LogP contribution in [-0.4, -0.2) is 66.9 Å². The Balaban J connectivity index is 1.78. The molecule has 0 bridgehead atoms. The van der Waals surface area contributed by atoms with Crippen LogP contribution in [0.5, 0.6) is 0 Å². The number of benzene rings is 1. The predicted molar refractivity (Wildman–Crippen MR) is 95.8 cm³/mol. The van der Waals surface area contributed by atoms with Crippen LogP contribution < -0.4 is 10.6 Å².